The van der Waals surface area contributed by atoms with Gasteiger partial charge >= 0.3 is 0 Å². The van der Waals surface area contributed by atoms with Gasteiger partial charge in [-0.3, -0.25) is 0 Å². The molecule has 2 aromatic rings. The summed E-state index contributed by atoms with van der Waals surface area (Å²) in [7, 11) is 0. The fourth-order valence-corrected chi connectivity index (χ4v) is 2.32. The third-order valence-corrected chi connectivity index (χ3v) is 2.81. The molecule has 0 bridgehead atoms. The van der Waals surface area contributed by atoms with Crippen molar-refractivity contribution in [1.29, 1.82) is 0 Å². The topological polar surface area (TPSA) is 52.0 Å². The quantitative estimate of drug-likeness (QED) is 0.608. The number of nitrogens with two attached hydrogens (primary N) is 2. The van der Waals surface area contributed by atoms with Crippen LogP contribution in [-0.2, 0) is 0 Å². The van der Waals surface area contributed by atoms with Crippen LogP contribution in [0.1, 0.15) is 4.88 Å². The van der Waals surface area contributed by atoms with Crippen LogP contribution in [-0.4, -0.2) is 0 Å². The fraction of sp³-hybridized carbons (Fsp3) is 0.111. The molecule has 3 heteroatoms. The molecule has 1 heterocycles. The van der Waals surface area contributed by atoms with Gasteiger partial charge in [-0.1, -0.05) is 0 Å². The molecule has 1 aromatic heterocycles. The number of nitrogen functional groups attached to an aromatic ring is 2. The largest absolute Gasteiger partial charge is 0.399 e. The van der Waals surface area contributed by atoms with E-state index in [1.807, 2.05) is 6.07 Å². The van der Waals surface area contributed by atoms with Gasteiger partial charge in [-0.05, 0) is 25.1 Å². The lowest BCUT2D eigenvalue weighted by Gasteiger charge is -1.97. The van der Waals surface area contributed by atoms with E-state index in [9.17, 15) is 0 Å². The number of anilines is 2. The van der Waals surface area contributed by atoms with E-state index in [1.165, 1.54) is 9.58 Å². The maximum Gasteiger partial charge on any atom is 0.0423 e. The van der Waals surface area contributed by atoms with Gasteiger partial charge < -0.3 is 11.5 Å². The number of benzene rings is 1. The summed E-state index contributed by atoms with van der Waals surface area (Å²) in [4.78, 5) is 1.27. The van der Waals surface area contributed by atoms with Crippen molar-refractivity contribution in [1.82, 2.24) is 0 Å². The molecule has 0 aliphatic carbocycles. The molecule has 12 heavy (non-hydrogen) atoms. The number of hydrogen-bond donors (Lipinski definition) is 2. The number of aryl methyl sites for hydroxylation is 1. The van der Waals surface area contributed by atoms with E-state index in [0.29, 0.717) is 0 Å². The Kier molecular flexibility index (Phi) is 1.48. The highest BCUT2D eigenvalue weighted by atomic mass is 32.1. The van der Waals surface area contributed by atoms with Crippen LogP contribution in [0.3, 0.4) is 0 Å². The van der Waals surface area contributed by atoms with Crippen LogP contribution in [0, 0.1) is 6.92 Å². The van der Waals surface area contributed by atoms with Gasteiger partial charge in [-0.25, -0.2) is 0 Å². The van der Waals surface area contributed by atoms with Gasteiger partial charge in [0.1, 0.15) is 0 Å². The zero-order valence-electron chi connectivity index (χ0n) is 6.79. The summed E-state index contributed by atoms with van der Waals surface area (Å²) in [6, 6.07) is 5.85. The molecule has 0 saturated heterocycles. The second kappa shape index (κ2) is 2.38. The number of rotatable bonds is 0. The molecule has 0 aliphatic heterocycles. The predicted molar refractivity (Wildman–Crippen MR) is 55.4 cm³/mol. The number of thiophene rings is 1. The minimum absolute atomic E-state index is 0.738. The third-order valence-electron chi connectivity index (χ3n) is 1.81. The Morgan fingerprint density at radius 2 is 1.92 bits per heavy atom. The first-order chi connectivity index (χ1) is 5.66. The molecule has 1 aromatic carbocycles. The first-order valence-corrected chi connectivity index (χ1v) is 4.53. The van der Waals surface area contributed by atoms with Crippen molar-refractivity contribution < 1.29 is 0 Å². The molecule has 0 fully saturated rings. The Morgan fingerprint density at radius 3 is 2.67 bits per heavy atom. The first-order valence-electron chi connectivity index (χ1n) is 3.72. The monoisotopic (exact) mass is 178 g/mol. The van der Waals surface area contributed by atoms with Gasteiger partial charge in [0.15, 0.2) is 0 Å². The highest BCUT2D eigenvalue weighted by Gasteiger charge is 2.02. The van der Waals surface area contributed by atoms with E-state index in [-0.39, 0.29) is 0 Å². The van der Waals surface area contributed by atoms with Crippen molar-refractivity contribution >= 4 is 32.8 Å². The molecule has 0 atom stereocenters. The zero-order valence-corrected chi connectivity index (χ0v) is 7.61. The normalized spacial score (nSPS) is 10.8. The maximum absolute atomic E-state index is 5.80. The van der Waals surface area contributed by atoms with E-state index in [2.05, 4.69) is 13.0 Å². The molecule has 4 N–H and O–H groups in total. The molecular formula is C9H10N2S. The van der Waals surface area contributed by atoms with Gasteiger partial charge in [0, 0.05) is 26.3 Å². The fourth-order valence-electron chi connectivity index (χ4n) is 1.32. The molecule has 62 valence electrons. The smallest absolute Gasteiger partial charge is 0.0423 e. The minimum Gasteiger partial charge on any atom is -0.399 e. The van der Waals surface area contributed by atoms with E-state index >= 15 is 0 Å². The van der Waals surface area contributed by atoms with Crippen molar-refractivity contribution in [2.45, 2.75) is 6.92 Å². The van der Waals surface area contributed by atoms with Crippen molar-refractivity contribution in [2.75, 3.05) is 11.5 Å². The lowest BCUT2D eigenvalue weighted by Crippen LogP contribution is -1.89. The van der Waals surface area contributed by atoms with Crippen LogP contribution in [0.2, 0.25) is 0 Å². The molecule has 0 spiro atoms. The average Bonchev–Trinajstić information content (AvgIpc) is 2.29. The van der Waals surface area contributed by atoms with Gasteiger partial charge in [-0.15, -0.1) is 11.3 Å². The van der Waals surface area contributed by atoms with E-state index in [1.54, 1.807) is 17.4 Å². The summed E-state index contributed by atoms with van der Waals surface area (Å²) in [5.74, 6) is 0. The Bertz CT molecular complexity index is 431. The highest BCUT2D eigenvalue weighted by molar-refractivity contribution is 7.19. The van der Waals surface area contributed by atoms with E-state index < -0.39 is 0 Å². The lowest BCUT2D eigenvalue weighted by molar-refractivity contribution is 1.65. The van der Waals surface area contributed by atoms with Crippen molar-refractivity contribution in [2.24, 2.45) is 0 Å². The van der Waals surface area contributed by atoms with Gasteiger partial charge in [-0.2, -0.15) is 0 Å². The van der Waals surface area contributed by atoms with Crippen LogP contribution < -0.4 is 11.5 Å². The van der Waals surface area contributed by atoms with E-state index in [4.69, 9.17) is 11.5 Å². The van der Waals surface area contributed by atoms with Gasteiger partial charge in [0.25, 0.3) is 0 Å². The zero-order chi connectivity index (χ0) is 8.72. The summed E-state index contributed by atoms with van der Waals surface area (Å²) in [6.45, 7) is 2.07. The summed E-state index contributed by atoms with van der Waals surface area (Å²) in [5.41, 5.74) is 13.0. The molecule has 0 unspecified atom stereocenters. The lowest BCUT2D eigenvalue weighted by atomic mass is 10.2. The first kappa shape index (κ1) is 7.43. The molecule has 0 saturated carbocycles. The highest BCUT2D eigenvalue weighted by Crippen LogP contribution is 2.31. The molecule has 0 amide bonds. The summed E-state index contributed by atoms with van der Waals surface area (Å²) in [5, 5.41) is 1.12. The summed E-state index contributed by atoms with van der Waals surface area (Å²) < 4.78 is 1.17. The summed E-state index contributed by atoms with van der Waals surface area (Å²) in [6.07, 6.45) is 0. The second-order valence-corrected chi connectivity index (χ2v) is 4.17. The Labute approximate surface area is 74.8 Å². The molecule has 2 nitrogen and oxygen atoms in total. The van der Waals surface area contributed by atoms with Crippen LogP contribution in [0.4, 0.5) is 11.4 Å². The molecule has 2 rings (SSSR count). The van der Waals surface area contributed by atoms with Crippen molar-refractivity contribution in [3.63, 3.8) is 0 Å². The van der Waals surface area contributed by atoms with Crippen LogP contribution >= 0.6 is 11.3 Å². The van der Waals surface area contributed by atoms with Crippen LogP contribution in [0.5, 0.6) is 0 Å². The van der Waals surface area contributed by atoms with E-state index in [0.717, 1.165) is 16.8 Å². The van der Waals surface area contributed by atoms with Gasteiger partial charge in [0.05, 0.1) is 0 Å². The number of hydrogen-bond acceptors (Lipinski definition) is 3. The van der Waals surface area contributed by atoms with Crippen molar-refractivity contribution in [3.05, 3.63) is 23.1 Å². The molecular weight excluding hydrogens is 168 g/mol. The molecule has 0 aliphatic rings. The van der Waals surface area contributed by atoms with Crippen LogP contribution in [0.15, 0.2) is 18.2 Å². The Hall–Kier alpha value is -1.22. The van der Waals surface area contributed by atoms with Gasteiger partial charge in [0.2, 0.25) is 0 Å². The van der Waals surface area contributed by atoms with Crippen LogP contribution in [0.25, 0.3) is 10.1 Å². The number of fused-ring (bicyclic) bond motifs is 1. The predicted octanol–water partition coefficient (Wildman–Crippen LogP) is 2.37. The Balaban J connectivity index is 2.88. The summed E-state index contributed by atoms with van der Waals surface area (Å²) >= 11 is 1.72. The van der Waals surface area contributed by atoms with Crippen molar-refractivity contribution in [3.8, 4) is 0 Å². The standard InChI is InChI=1S/C9H10N2S/c1-5-2-7-8(11)3-6(10)4-9(7)12-5/h2-4H,10-11H2,1H3. The minimum atomic E-state index is 0.738. The maximum atomic E-state index is 5.80. The molecule has 0 radical (unpaired) electrons. The Morgan fingerprint density at radius 1 is 1.17 bits per heavy atom. The average molecular weight is 178 g/mol. The second-order valence-electron chi connectivity index (χ2n) is 2.88. The third kappa shape index (κ3) is 1.02. The SMILES string of the molecule is Cc1cc2c(N)cc(N)cc2s1.